The van der Waals surface area contributed by atoms with E-state index < -0.39 is 0 Å². The van der Waals surface area contributed by atoms with Crippen LogP contribution in [0.5, 0.6) is 5.75 Å². The standard InChI is InChI=1S/C17H27NO/c1-4-13-6-9-15(10-7-13)19-17-12-14(5-2)8-11-16(17)18-3/h6-7,9-10,14,16-18H,4-5,8,11-12H2,1-3H3. The lowest BCUT2D eigenvalue weighted by Gasteiger charge is -2.35. The first-order valence-corrected chi connectivity index (χ1v) is 7.69. The fourth-order valence-corrected chi connectivity index (χ4v) is 3.02. The minimum absolute atomic E-state index is 0.316. The lowest BCUT2D eigenvalue weighted by Crippen LogP contribution is -2.45. The van der Waals surface area contributed by atoms with Gasteiger partial charge in [-0.15, -0.1) is 0 Å². The smallest absolute Gasteiger partial charge is 0.119 e. The first-order valence-electron chi connectivity index (χ1n) is 7.69. The van der Waals surface area contributed by atoms with E-state index in [2.05, 4.69) is 43.4 Å². The first-order chi connectivity index (χ1) is 9.26. The van der Waals surface area contributed by atoms with Crippen LogP contribution in [-0.4, -0.2) is 19.2 Å². The van der Waals surface area contributed by atoms with Crippen LogP contribution in [0.4, 0.5) is 0 Å². The number of benzene rings is 1. The molecule has 0 saturated heterocycles. The monoisotopic (exact) mass is 261 g/mol. The normalized spacial score (nSPS) is 27.2. The second-order valence-electron chi connectivity index (χ2n) is 5.64. The third-order valence-corrected chi connectivity index (χ3v) is 4.47. The van der Waals surface area contributed by atoms with Crippen LogP contribution in [-0.2, 0) is 6.42 Å². The van der Waals surface area contributed by atoms with E-state index in [4.69, 9.17) is 4.74 Å². The quantitative estimate of drug-likeness (QED) is 0.870. The third-order valence-electron chi connectivity index (χ3n) is 4.47. The van der Waals surface area contributed by atoms with Crippen molar-refractivity contribution >= 4 is 0 Å². The van der Waals surface area contributed by atoms with Crippen molar-refractivity contribution in [3.8, 4) is 5.75 Å². The molecule has 0 aliphatic heterocycles. The number of rotatable bonds is 5. The second-order valence-corrected chi connectivity index (χ2v) is 5.64. The molecule has 0 amide bonds. The summed E-state index contributed by atoms with van der Waals surface area (Å²) in [6.07, 6.45) is 6.41. The van der Waals surface area contributed by atoms with Gasteiger partial charge in [-0.2, -0.15) is 0 Å². The summed E-state index contributed by atoms with van der Waals surface area (Å²) in [6.45, 7) is 4.47. The second kappa shape index (κ2) is 6.95. The molecule has 1 fully saturated rings. The Hall–Kier alpha value is -1.02. The summed E-state index contributed by atoms with van der Waals surface area (Å²) in [5, 5.41) is 3.42. The maximum Gasteiger partial charge on any atom is 0.119 e. The molecule has 106 valence electrons. The molecule has 1 aromatic rings. The van der Waals surface area contributed by atoms with Gasteiger partial charge in [-0.05, 0) is 56.3 Å². The molecule has 0 spiro atoms. The van der Waals surface area contributed by atoms with Crippen molar-refractivity contribution in [3.63, 3.8) is 0 Å². The topological polar surface area (TPSA) is 21.3 Å². The van der Waals surface area contributed by atoms with E-state index in [-0.39, 0.29) is 0 Å². The Labute approximate surface area is 117 Å². The molecular weight excluding hydrogens is 234 g/mol. The Kier molecular flexibility index (Phi) is 5.26. The zero-order chi connectivity index (χ0) is 13.7. The molecule has 1 N–H and O–H groups in total. The van der Waals surface area contributed by atoms with Crippen LogP contribution < -0.4 is 10.1 Å². The highest BCUT2D eigenvalue weighted by Gasteiger charge is 2.30. The van der Waals surface area contributed by atoms with Crippen molar-refractivity contribution in [2.24, 2.45) is 5.92 Å². The summed E-state index contributed by atoms with van der Waals surface area (Å²) < 4.78 is 6.23. The van der Waals surface area contributed by atoms with Crippen molar-refractivity contribution in [1.82, 2.24) is 5.32 Å². The summed E-state index contributed by atoms with van der Waals surface area (Å²) in [7, 11) is 2.05. The SMILES string of the molecule is CCc1ccc(OC2CC(CC)CCC2NC)cc1. The predicted molar refractivity (Wildman–Crippen MR) is 80.7 cm³/mol. The maximum absolute atomic E-state index is 6.23. The molecule has 1 aliphatic rings. The van der Waals surface area contributed by atoms with Crippen LogP contribution in [0.15, 0.2) is 24.3 Å². The number of nitrogens with one attached hydrogen (secondary N) is 1. The van der Waals surface area contributed by atoms with E-state index >= 15 is 0 Å². The highest BCUT2D eigenvalue weighted by Crippen LogP contribution is 2.30. The van der Waals surface area contributed by atoms with Crippen LogP contribution in [0.3, 0.4) is 0 Å². The zero-order valence-electron chi connectivity index (χ0n) is 12.5. The van der Waals surface area contributed by atoms with Crippen LogP contribution in [0.1, 0.15) is 45.1 Å². The fourth-order valence-electron chi connectivity index (χ4n) is 3.02. The van der Waals surface area contributed by atoms with Gasteiger partial charge in [-0.3, -0.25) is 0 Å². The van der Waals surface area contributed by atoms with Crippen molar-refractivity contribution in [3.05, 3.63) is 29.8 Å². The molecular formula is C17H27NO. The number of aryl methyl sites for hydroxylation is 1. The number of ether oxygens (including phenoxy) is 1. The van der Waals surface area contributed by atoms with E-state index in [9.17, 15) is 0 Å². The molecule has 1 aromatic carbocycles. The predicted octanol–water partition coefficient (Wildman–Crippen LogP) is 3.79. The van der Waals surface area contributed by atoms with Crippen LogP contribution >= 0.6 is 0 Å². The largest absolute Gasteiger partial charge is 0.489 e. The highest BCUT2D eigenvalue weighted by molar-refractivity contribution is 5.27. The molecule has 2 nitrogen and oxygen atoms in total. The van der Waals surface area contributed by atoms with Gasteiger partial charge in [0.1, 0.15) is 11.9 Å². The number of hydrogen-bond donors (Lipinski definition) is 1. The molecule has 0 bridgehead atoms. The summed E-state index contributed by atoms with van der Waals surface area (Å²) >= 11 is 0. The summed E-state index contributed by atoms with van der Waals surface area (Å²) in [5.74, 6) is 1.84. The van der Waals surface area contributed by atoms with Gasteiger partial charge in [0.15, 0.2) is 0 Å². The Balaban J connectivity index is 2.01. The van der Waals surface area contributed by atoms with E-state index in [1.165, 1.54) is 31.2 Å². The van der Waals surface area contributed by atoms with Crippen molar-refractivity contribution in [2.75, 3.05) is 7.05 Å². The Morgan fingerprint density at radius 3 is 2.47 bits per heavy atom. The van der Waals surface area contributed by atoms with Gasteiger partial charge < -0.3 is 10.1 Å². The fraction of sp³-hybridized carbons (Fsp3) is 0.647. The van der Waals surface area contributed by atoms with Gasteiger partial charge in [-0.1, -0.05) is 32.4 Å². The molecule has 2 heteroatoms. The lowest BCUT2D eigenvalue weighted by atomic mass is 9.82. The molecule has 1 aliphatic carbocycles. The average Bonchev–Trinajstić information content (AvgIpc) is 2.48. The lowest BCUT2D eigenvalue weighted by molar-refractivity contribution is 0.0883. The van der Waals surface area contributed by atoms with E-state index in [1.54, 1.807) is 0 Å². The third kappa shape index (κ3) is 3.73. The first kappa shape index (κ1) is 14.4. The molecule has 0 aromatic heterocycles. The molecule has 3 unspecified atom stereocenters. The maximum atomic E-state index is 6.23. The van der Waals surface area contributed by atoms with Gasteiger partial charge in [-0.25, -0.2) is 0 Å². The Morgan fingerprint density at radius 1 is 1.16 bits per heavy atom. The van der Waals surface area contributed by atoms with Crippen molar-refractivity contribution in [2.45, 2.75) is 58.1 Å². The van der Waals surface area contributed by atoms with Gasteiger partial charge in [0.05, 0.1) is 0 Å². The van der Waals surface area contributed by atoms with Crippen molar-refractivity contribution in [1.29, 1.82) is 0 Å². The van der Waals surface area contributed by atoms with E-state index in [0.717, 1.165) is 18.1 Å². The van der Waals surface area contributed by atoms with Crippen LogP contribution in [0.25, 0.3) is 0 Å². The van der Waals surface area contributed by atoms with Gasteiger partial charge >= 0.3 is 0 Å². The molecule has 0 radical (unpaired) electrons. The van der Waals surface area contributed by atoms with Crippen molar-refractivity contribution < 1.29 is 4.74 Å². The summed E-state index contributed by atoms with van der Waals surface area (Å²) in [6, 6.07) is 9.06. The number of likely N-dealkylation sites (N-methyl/N-ethyl adjacent to an activating group) is 1. The Bertz CT molecular complexity index is 373. The number of hydrogen-bond acceptors (Lipinski definition) is 2. The zero-order valence-corrected chi connectivity index (χ0v) is 12.5. The molecule has 1 saturated carbocycles. The van der Waals surface area contributed by atoms with Crippen LogP contribution in [0.2, 0.25) is 0 Å². The molecule has 19 heavy (non-hydrogen) atoms. The average molecular weight is 261 g/mol. The molecule has 0 heterocycles. The van der Waals surface area contributed by atoms with Gasteiger partial charge in [0.2, 0.25) is 0 Å². The van der Waals surface area contributed by atoms with E-state index in [1.807, 2.05) is 7.05 Å². The minimum atomic E-state index is 0.316. The highest BCUT2D eigenvalue weighted by atomic mass is 16.5. The summed E-state index contributed by atoms with van der Waals surface area (Å²) in [4.78, 5) is 0. The van der Waals surface area contributed by atoms with Crippen LogP contribution in [0, 0.1) is 5.92 Å². The summed E-state index contributed by atoms with van der Waals surface area (Å²) in [5.41, 5.74) is 1.37. The Morgan fingerprint density at radius 2 is 1.89 bits per heavy atom. The van der Waals surface area contributed by atoms with E-state index in [0.29, 0.717) is 12.1 Å². The molecule has 3 atom stereocenters. The van der Waals surface area contributed by atoms with Gasteiger partial charge in [0.25, 0.3) is 0 Å². The molecule has 2 rings (SSSR count). The minimum Gasteiger partial charge on any atom is -0.489 e. The van der Waals surface area contributed by atoms with Gasteiger partial charge in [0, 0.05) is 6.04 Å².